The summed E-state index contributed by atoms with van der Waals surface area (Å²) in [5.74, 6) is 0.784. The minimum Gasteiger partial charge on any atom is -0.462 e. The molecule has 1 aromatic carbocycles. The Morgan fingerprint density at radius 2 is 1.90 bits per heavy atom. The minimum absolute atomic E-state index is 0.439. The highest BCUT2D eigenvalue weighted by atomic mass is 32.2. The predicted octanol–water partition coefficient (Wildman–Crippen LogP) is 3.40. The van der Waals surface area contributed by atoms with E-state index < -0.39 is 10.0 Å². The lowest BCUT2D eigenvalue weighted by atomic mass is 10.1. The molecule has 0 unspecified atom stereocenters. The fourth-order valence-corrected chi connectivity index (χ4v) is 6.36. The molecule has 1 fully saturated rings. The molecule has 1 aliphatic heterocycles. The molecule has 1 saturated heterocycles. The molecule has 0 radical (unpaired) electrons. The van der Waals surface area contributed by atoms with Crippen molar-refractivity contribution in [1.82, 2.24) is 14.2 Å². The number of piperazine rings is 1. The van der Waals surface area contributed by atoms with Gasteiger partial charge in [0.05, 0.1) is 16.9 Å². The molecule has 29 heavy (non-hydrogen) atoms. The van der Waals surface area contributed by atoms with Crippen molar-refractivity contribution in [2.45, 2.75) is 30.7 Å². The zero-order chi connectivity index (χ0) is 19.8. The number of benzene rings is 1. The maximum Gasteiger partial charge on any atom is 0.243 e. The van der Waals surface area contributed by atoms with Crippen molar-refractivity contribution < 1.29 is 12.8 Å². The van der Waals surface area contributed by atoms with Gasteiger partial charge in [0.25, 0.3) is 0 Å². The van der Waals surface area contributed by atoms with Crippen LogP contribution in [0.5, 0.6) is 0 Å². The Balaban J connectivity index is 1.22. The van der Waals surface area contributed by atoms with Crippen LogP contribution < -0.4 is 0 Å². The molecular weight excluding hydrogens is 406 g/mol. The Morgan fingerprint density at radius 1 is 1.07 bits per heavy atom. The number of rotatable bonds is 5. The predicted molar refractivity (Wildman–Crippen MR) is 112 cm³/mol. The Hall–Kier alpha value is -2.00. The zero-order valence-corrected chi connectivity index (χ0v) is 17.7. The van der Waals surface area contributed by atoms with E-state index in [4.69, 9.17) is 4.42 Å². The maximum atomic E-state index is 13.1. The Labute approximate surface area is 174 Å². The van der Waals surface area contributed by atoms with E-state index in [0.717, 1.165) is 42.3 Å². The van der Waals surface area contributed by atoms with Crippen LogP contribution in [0.3, 0.4) is 0 Å². The van der Waals surface area contributed by atoms with E-state index in [1.54, 1.807) is 28.0 Å². The first-order chi connectivity index (χ1) is 14.1. The number of thiazole rings is 1. The van der Waals surface area contributed by atoms with Gasteiger partial charge < -0.3 is 4.42 Å². The maximum absolute atomic E-state index is 13.1. The number of hydrogen-bond acceptors (Lipinski definition) is 6. The molecule has 0 atom stereocenters. The summed E-state index contributed by atoms with van der Waals surface area (Å²) in [6.07, 6.45) is 4.82. The lowest BCUT2D eigenvalue weighted by Crippen LogP contribution is -2.48. The smallest absolute Gasteiger partial charge is 0.243 e. The first-order valence-corrected chi connectivity index (χ1v) is 12.2. The van der Waals surface area contributed by atoms with Gasteiger partial charge in [-0.15, -0.1) is 11.3 Å². The van der Waals surface area contributed by atoms with Crippen molar-refractivity contribution in [2.24, 2.45) is 0 Å². The van der Waals surface area contributed by atoms with E-state index in [0.29, 0.717) is 31.1 Å². The topological polar surface area (TPSA) is 66.7 Å². The number of nitrogens with zero attached hydrogens (tertiary/aromatic N) is 3. The number of furan rings is 1. The Kier molecular flexibility index (Phi) is 5.03. The second kappa shape index (κ2) is 7.68. The third-order valence-corrected chi connectivity index (χ3v) is 8.51. The third kappa shape index (κ3) is 3.77. The van der Waals surface area contributed by atoms with Gasteiger partial charge >= 0.3 is 0 Å². The standard InChI is InChI=1S/C21H23N3O3S2/c25-29(26,19-7-6-16-3-1-4-17(16)13-19)24-10-8-23(9-11-24)14-18-15-28-21(22-18)20-5-2-12-27-20/h2,5-7,12-13,15H,1,3-4,8-11,14H2. The van der Waals surface area contributed by atoms with Crippen LogP contribution >= 0.6 is 11.3 Å². The van der Waals surface area contributed by atoms with Gasteiger partial charge in [0, 0.05) is 38.1 Å². The monoisotopic (exact) mass is 429 g/mol. The van der Waals surface area contributed by atoms with Crippen molar-refractivity contribution >= 4 is 21.4 Å². The number of sulfonamides is 1. The van der Waals surface area contributed by atoms with Crippen LogP contribution in [-0.2, 0) is 29.4 Å². The largest absolute Gasteiger partial charge is 0.462 e. The van der Waals surface area contributed by atoms with Crippen molar-refractivity contribution in [3.8, 4) is 10.8 Å². The molecule has 1 aliphatic carbocycles. The molecule has 0 bridgehead atoms. The van der Waals surface area contributed by atoms with Gasteiger partial charge in [-0.3, -0.25) is 4.90 Å². The molecular formula is C21H23N3O3S2. The van der Waals surface area contributed by atoms with Gasteiger partial charge in [-0.1, -0.05) is 6.07 Å². The van der Waals surface area contributed by atoms with Gasteiger partial charge in [-0.05, 0) is 54.7 Å². The number of hydrogen-bond donors (Lipinski definition) is 0. The molecule has 152 valence electrons. The molecule has 0 N–H and O–H groups in total. The fourth-order valence-electron chi connectivity index (χ4n) is 4.11. The van der Waals surface area contributed by atoms with Crippen LogP contribution in [0.25, 0.3) is 10.8 Å². The highest BCUT2D eigenvalue weighted by Gasteiger charge is 2.29. The summed E-state index contributed by atoms with van der Waals surface area (Å²) in [5, 5.41) is 2.92. The summed E-state index contributed by atoms with van der Waals surface area (Å²) in [6, 6.07) is 9.42. The molecule has 3 aromatic rings. The fraction of sp³-hybridized carbons (Fsp3) is 0.381. The summed E-state index contributed by atoms with van der Waals surface area (Å²) in [7, 11) is -3.42. The van der Waals surface area contributed by atoms with Crippen LogP contribution in [0.15, 0.2) is 51.3 Å². The second-order valence-electron chi connectivity index (χ2n) is 7.59. The second-order valence-corrected chi connectivity index (χ2v) is 10.4. The van der Waals surface area contributed by atoms with Crippen LogP contribution in [-0.4, -0.2) is 48.8 Å². The summed E-state index contributed by atoms with van der Waals surface area (Å²) in [6.45, 7) is 3.16. The van der Waals surface area contributed by atoms with Crippen molar-refractivity contribution in [3.05, 3.63) is 58.8 Å². The van der Waals surface area contributed by atoms with E-state index >= 15 is 0 Å². The molecule has 2 aromatic heterocycles. The van der Waals surface area contributed by atoms with Gasteiger partial charge in [-0.2, -0.15) is 4.31 Å². The molecule has 0 spiro atoms. The molecule has 5 rings (SSSR count). The summed E-state index contributed by atoms with van der Waals surface area (Å²) in [4.78, 5) is 7.35. The minimum atomic E-state index is -3.42. The quantitative estimate of drug-likeness (QED) is 0.622. The summed E-state index contributed by atoms with van der Waals surface area (Å²) < 4.78 is 33.2. The average molecular weight is 430 g/mol. The molecule has 2 aliphatic rings. The van der Waals surface area contributed by atoms with E-state index in [1.807, 2.05) is 29.6 Å². The molecule has 0 amide bonds. The zero-order valence-electron chi connectivity index (χ0n) is 16.1. The number of aromatic nitrogens is 1. The highest BCUT2D eigenvalue weighted by Crippen LogP contribution is 2.27. The molecule has 3 heterocycles. The van der Waals surface area contributed by atoms with E-state index in [2.05, 4.69) is 9.88 Å². The van der Waals surface area contributed by atoms with Crippen LogP contribution in [0.4, 0.5) is 0 Å². The van der Waals surface area contributed by atoms with Crippen LogP contribution in [0.1, 0.15) is 23.2 Å². The summed E-state index contributed by atoms with van der Waals surface area (Å²) >= 11 is 1.57. The molecule has 8 heteroatoms. The van der Waals surface area contributed by atoms with Crippen molar-refractivity contribution in [3.63, 3.8) is 0 Å². The SMILES string of the molecule is O=S(=O)(c1ccc2c(c1)CCC2)N1CCN(Cc2csc(-c3ccco3)n2)CC1. The van der Waals surface area contributed by atoms with Crippen molar-refractivity contribution in [2.75, 3.05) is 26.2 Å². The van der Waals surface area contributed by atoms with E-state index in [9.17, 15) is 8.42 Å². The lowest BCUT2D eigenvalue weighted by molar-refractivity contribution is 0.180. The Bertz CT molecular complexity index is 1100. The van der Waals surface area contributed by atoms with Crippen LogP contribution in [0.2, 0.25) is 0 Å². The van der Waals surface area contributed by atoms with Gasteiger partial charge in [0.15, 0.2) is 10.8 Å². The first-order valence-electron chi connectivity index (χ1n) is 9.92. The van der Waals surface area contributed by atoms with Crippen LogP contribution in [0, 0.1) is 0 Å². The molecule has 0 saturated carbocycles. The first kappa shape index (κ1) is 19.0. The van der Waals surface area contributed by atoms with Gasteiger partial charge in [-0.25, -0.2) is 13.4 Å². The van der Waals surface area contributed by atoms with Crippen molar-refractivity contribution in [1.29, 1.82) is 0 Å². The highest BCUT2D eigenvalue weighted by molar-refractivity contribution is 7.89. The normalized spacial score (nSPS) is 18.2. The molecule has 6 nitrogen and oxygen atoms in total. The van der Waals surface area contributed by atoms with E-state index in [-0.39, 0.29) is 0 Å². The number of fused-ring (bicyclic) bond motifs is 1. The lowest BCUT2D eigenvalue weighted by Gasteiger charge is -2.33. The van der Waals surface area contributed by atoms with Gasteiger partial charge in [0.1, 0.15) is 0 Å². The Morgan fingerprint density at radius 3 is 2.69 bits per heavy atom. The average Bonchev–Trinajstić information content (AvgIpc) is 3.48. The summed E-state index contributed by atoms with van der Waals surface area (Å²) in [5.41, 5.74) is 3.49. The van der Waals surface area contributed by atoms with E-state index in [1.165, 1.54) is 11.1 Å². The number of aryl methyl sites for hydroxylation is 2. The van der Waals surface area contributed by atoms with Gasteiger partial charge in [0.2, 0.25) is 10.0 Å². The third-order valence-electron chi connectivity index (χ3n) is 5.71.